The van der Waals surface area contributed by atoms with Crippen LogP contribution < -0.4 is 20.5 Å². The second-order valence-corrected chi connectivity index (χ2v) is 12.2. The molecule has 1 saturated carbocycles. The third-order valence-electron chi connectivity index (χ3n) is 6.49. The molecule has 0 bridgehead atoms. The first kappa shape index (κ1) is 25.9. The lowest BCUT2D eigenvalue weighted by atomic mass is 9.95. The number of amides is 1. The van der Waals surface area contributed by atoms with Crippen molar-refractivity contribution in [2.45, 2.75) is 81.1 Å². The van der Waals surface area contributed by atoms with Gasteiger partial charge in [0.1, 0.15) is 11.9 Å². The fourth-order valence-corrected chi connectivity index (χ4v) is 6.31. The van der Waals surface area contributed by atoms with Crippen LogP contribution in [0.3, 0.4) is 0 Å². The normalized spacial score (nSPS) is 16.3. The highest BCUT2D eigenvalue weighted by molar-refractivity contribution is 9.10. The quantitative estimate of drug-likeness (QED) is 0.365. The molecule has 0 radical (unpaired) electrons. The van der Waals surface area contributed by atoms with Crippen LogP contribution in [0, 0.1) is 5.92 Å². The number of halogens is 1. The largest absolute Gasteiger partial charge is 0.454 e. The van der Waals surface area contributed by atoms with Gasteiger partial charge in [-0.2, -0.15) is 0 Å². The molecule has 3 aromatic rings. The van der Waals surface area contributed by atoms with Gasteiger partial charge in [0.25, 0.3) is 0 Å². The van der Waals surface area contributed by atoms with Crippen molar-refractivity contribution >= 4 is 50.8 Å². The molecule has 198 valence electrons. The first-order chi connectivity index (χ1) is 17.7. The third kappa shape index (κ3) is 5.90. The first-order valence-corrected chi connectivity index (χ1v) is 14.0. The molecule has 1 aliphatic carbocycles. The van der Waals surface area contributed by atoms with Crippen LogP contribution in [0.5, 0.6) is 11.5 Å². The van der Waals surface area contributed by atoms with Crippen molar-refractivity contribution in [2.24, 2.45) is 5.92 Å². The van der Waals surface area contributed by atoms with Crippen LogP contribution in [0.1, 0.15) is 52.9 Å². The number of nitrogen functional groups attached to an aromatic ring is 1. The number of nitrogens with two attached hydrogens (primary N) is 1. The number of carbonyl (C=O) groups is 1. The van der Waals surface area contributed by atoms with Gasteiger partial charge in [-0.3, -0.25) is 0 Å². The molecule has 2 aliphatic rings. The van der Waals surface area contributed by atoms with Gasteiger partial charge in [0.05, 0.1) is 0 Å². The second-order valence-electron chi connectivity index (χ2n) is 10.3. The van der Waals surface area contributed by atoms with Gasteiger partial charge in [0.2, 0.25) is 6.79 Å². The number of ether oxygens (including phenoxy) is 3. The predicted molar refractivity (Wildman–Crippen MR) is 144 cm³/mol. The molecule has 3 N–H and O–H groups in total. The summed E-state index contributed by atoms with van der Waals surface area (Å²) in [6, 6.07) is 3.80. The van der Waals surface area contributed by atoms with E-state index in [1.807, 2.05) is 37.5 Å². The Morgan fingerprint density at radius 1 is 1.27 bits per heavy atom. The SMILES string of the molecule is CC(C)(C)OC(=O)NC(CCn1c(Sc2cc3c(cc2Br)OCO3)nc2c(N)ncnc21)C1CCCC1. The number of anilines is 1. The predicted octanol–water partition coefficient (Wildman–Crippen LogP) is 5.52. The molecule has 3 heterocycles. The molecular weight excluding hydrogens is 560 g/mol. The lowest BCUT2D eigenvalue weighted by Gasteiger charge is -2.27. The number of rotatable bonds is 7. The zero-order valence-electron chi connectivity index (χ0n) is 21.1. The Kier molecular flexibility index (Phi) is 7.39. The Morgan fingerprint density at radius 3 is 2.73 bits per heavy atom. The molecule has 10 nitrogen and oxygen atoms in total. The number of aromatic nitrogens is 4. The van der Waals surface area contributed by atoms with E-state index in [1.165, 1.54) is 30.9 Å². The van der Waals surface area contributed by atoms with Gasteiger partial charge in [-0.25, -0.2) is 19.7 Å². The van der Waals surface area contributed by atoms with Crippen LogP contribution in [0.4, 0.5) is 10.6 Å². The lowest BCUT2D eigenvalue weighted by Crippen LogP contribution is -2.43. The maximum atomic E-state index is 12.7. The monoisotopic (exact) mass is 590 g/mol. The molecular formula is C25H31BrN6O4S. The molecule has 2 aromatic heterocycles. The number of benzene rings is 1. The summed E-state index contributed by atoms with van der Waals surface area (Å²) >= 11 is 5.12. The van der Waals surface area contributed by atoms with Gasteiger partial charge in [0, 0.05) is 22.0 Å². The number of carbonyl (C=O) groups excluding carboxylic acids is 1. The van der Waals surface area contributed by atoms with Crippen molar-refractivity contribution in [2.75, 3.05) is 12.5 Å². The van der Waals surface area contributed by atoms with Crippen molar-refractivity contribution < 1.29 is 19.0 Å². The van der Waals surface area contributed by atoms with Crippen LogP contribution in [0.2, 0.25) is 0 Å². The molecule has 5 rings (SSSR count). The number of imidazole rings is 1. The van der Waals surface area contributed by atoms with Crippen LogP contribution >= 0.6 is 27.7 Å². The van der Waals surface area contributed by atoms with Crippen molar-refractivity contribution in [1.82, 2.24) is 24.8 Å². The van der Waals surface area contributed by atoms with Gasteiger partial charge in [0.15, 0.2) is 33.6 Å². The minimum Gasteiger partial charge on any atom is -0.454 e. The van der Waals surface area contributed by atoms with Crippen LogP contribution in [0.15, 0.2) is 33.0 Å². The Labute approximate surface area is 228 Å². The molecule has 1 aromatic carbocycles. The van der Waals surface area contributed by atoms with E-state index < -0.39 is 5.60 Å². The summed E-state index contributed by atoms with van der Waals surface area (Å²) in [6.07, 6.45) is 6.30. The summed E-state index contributed by atoms with van der Waals surface area (Å²) in [5.41, 5.74) is 6.82. The smallest absolute Gasteiger partial charge is 0.407 e. The first-order valence-electron chi connectivity index (χ1n) is 12.4. The van der Waals surface area contributed by atoms with E-state index in [-0.39, 0.29) is 18.9 Å². The highest BCUT2D eigenvalue weighted by atomic mass is 79.9. The molecule has 1 fully saturated rings. The highest BCUT2D eigenvalue weighted by Gasteiger charge is 2.29. The summed E-state index contributed by atoms with van der Waals surface area (Å²) in [5.74, 6) is 2.12. The number of hydrogen-bond donors (Lipinski definition) is 2. The number of aryl methyl sites for hydroxylation is 1. The number of nitrogens with one attached hydrogen (secondary N) is 1. The molecule has 1 unspecified atom stereocenters. The topological polar surface area (TPSA) is 126 Å². The molecule has 1 atom stereocenters. The Morgan fingerprint density at radius 2 is 2.00 bits per heavy atom. The Hall–Kier alpha value is -2.73. The van der Waals surface area contributed by atoms with Crippen LogP contribution in [-0.4, -0.2) is 44.0 Å². The fraction of sp³-hybridized carbons (Fsp3) is 0.520. The van der Waals surface area contributed by atoms with Gasteiger partial charge in [-0.1, -0.05) is 24.6 Å². The molecule has 1 amide bonds. The second kappa shape index (κ2) is 10.6. The van der Waals surface area contributed by atoms with Gasteiger partial charge < -0.3 is 29.8 Å². The molecule has 37 heavy (non-hydrogen) atoms. The van der Waals surface area contributed by atoms with E-state index in [4.69, 9.17) is 24.9 Å². The van der Waals surface area contributed by atoms with Crippen LogP contribution in [-0.2, 0) is 11.3 Å². The summed E-state index contributed by atoms with van der Waals surface area (Å²) in [4.78, 5) is 27.0. The number of alkyl carbamates (subject to hydrolysis) is 1. The fourth-order valence-electron chi connectivity index (χ4n) is 4.80. The molecule has 1 aliphatic heterocycles. The highest BCUT2D eigenvalue weighted by Crippen LogP contribution is 2.43. The zero-order chi connectivity index (χ0) is 26.2. The van der Waals surface area contributed by atoms with Gasteiger partial charge >= 0.3 is 6.09 Å². The van der Waals surface area contributed by atoms with Crippen molar-refractivity contribution in [3.63, 3.8) is 0 Å². The zero-order valence-corrected chi connectivity index (χ0v) is 23.5. The van der Waals surface area contributed by atoms with E-state index in [9.17, 15) is 4.79 Å². The maximum absolute atomic E-state index is 12.7. The van der Waals surface area contributed by atoms with E-state index in [1.54, 1.807) is 0 Å². The maximum Gasteiger partial charge on any atom is 0.407 e. The minimum atomic E-state index is -0.554. The van der Waals surface area contributed by atoms with Crippen molar-refractivity contribution in [1.29, 1.82) is 0 Å². The molecule has 0 spiro atoms. The Balaban J connectivity index is 1.42. The van der Waals surface area contributed by atoms with Crippen molar-refractivity contribution in [3.8, 4) is 11.5 Å². The van der Waals surface area contributed by atoms with E-state index in [0.29, 0.717) is 47.4 Å². The van der Waals surface area contributed by atoms with Gasteiger partial charge in [-0.05, 0) is 74.0 Å². The third-order valence-corrected chi connectivity index (χ3v) is 8.46. The summed E-state index contributed by atoms with van der Waals surface area (Å²) in [7, 11) is 0. The average molecular weight is 592 g/mol. The Bertz CT molecular complexity index is 1300. The lowest BCUT2D eigenvalue weighted by molar-refractivity contribution is 0.0481. The summed E-state index contributed by atoms with van der Waals surface area (Å²) < 4.78 is 19.5. The number of hydrogen-bond acceptors (Lipinski definition) is 9. The van der Waals surface area contributed by atoms with Crippen molar-refractivity contribution in [3.05, 3.63) is 22.9 Å². The van der Waals surface area contributed by atoms with Gasteiger partial charge in [-0.15, -0.1) is 0 Å². The number of nitrogens with zero attached hydrogens (tertiary/aromatic N) is 4. The van der Waals surface area contributed by atoms with E-state index in [2.05, 4.69) is 31.2 Å². The average Bonchev–Trinajstić information content (AvgIpc) is 3.57. The van der Waals surface area contributed by atoms with Crippen LogP contribution in [0.25, 0.3) is 11.2 Å². The standard InChI is InChI=1S/C25H31BrN6O4S/c1-25(2,3)36-24(33)30-16(14-6-4-5-7-14)8-9-32-22-20(21(27)28-12-29-22)31-23(32)37-19-11-18-17(10-15(19)26)34-13-35-18/h10-12,14,16H,4-9,13H2,1-3H3,(H,30,33)(H2,27,28,29). The molecule has 0 saturated heterocycles. The number of fused-ring (bicyclic) bond motifs is 2. The van der Waals surface area contributed by atoms with E-state index >= 15 is 0 Å². The summed E-state index contributed by atoms with van der Waals surface area (Å²) in [5, 5.41) is 3.87. The molecule has 12 heteroatoms. The summed E-state index contributed by atoms with van der Waals surface area (Å²) in [6.45, 7) is 6.41. The van der Waals surface area contributed by atoms with E-state index in [0.717, 1.165) is 27.4 Å². The minimum absolute atomic E-state index is 0.0240.